The minimum Gasteiger partial charge on any atom is -0.347 e. The van der Waals surface area contributed by atoms with Gasteiger partial charge in [-0.25, -0.2) is 0 Å². The van der Waals surface area contributed by atoms with E-state index in [1.165, 1.54) is 12.1 Å². The summed E-state index contributed by atoms with van der Waals surface area (Å²) in [5.74, 6) is 0.489. The fourth-order valence-electron chi connectivity index (χ4n) is 1.47. The maximum absolute atomic E-state index is 12.5. The van der Waals surface area contributed by atoms with Gasteiger partial charge in [0.1, 0.15) is 0 Å². The predicted molar refractivity (Wildman–Crippen MR) is 73.9 cm³/mol. The maximum Gasteiger partial charge on any atom is 0.416 e. The van der Waals surface area contributed by atoms with Crippen molar-refractivity contribution < 1.29 is 13.2 Å². The third-order valence-electron chi connectivity index (χ3n) is 2.46. The normalized spacial score (nSPS) is 11.3. The zero-order chi connectivity index (χ0) is 15.6. The molecule has 1 aromatic carbocycles. The van der Waals surface area contributed by atoms with E-state index >= 15 is 0 Å². The molecule has 9 heteroatoms. The fraction of sp³-hybridized carbons (Fsp3) is 0.250. The van der Waals surface area contributed by atoms with Gasteiger partial charge in [0.05, 0.1) is 5.56 Å². The van der Waals surface area contributed by atoms with Gasteiger partial charge in [0, 0.05) is 19.8 Å². The third-order valence-corrected chi connectivity index (χ3v) is 2.63. The van der Waals surface area contributed by atoms with E-state index in [0.29, 0.717) is 11.6 Å². The standard InChI is InChI=1S/C12H11ClF3N5/c1-21(2)11-19-9(13)18-10(20-11)17-8-5-3-7(4-6-8)12(14,15)16/h3-6H,1-2H3,(H,17,18,19,20). The van der Waals surface area contributed by atoms with E-state index in [1.54, 1.807) is 19.0 Å². The summed E-state index contributed by atoms with van der Waals surface area (Å²) < 4.78 is 37.4. The Morgan fingerprint density at radius 1 is 1.05 bits per heavy atom. The number of halogens is 4. The molecule has 1 heterocycles. The van der Waals surface area contributed by atoms with Crippen LogP contribution in [0.25, 0.3) is 0 Å². The lowest BCUT2D eigenvalue weighted by Gasteiger charge is -2.12. The first kappa shape index (κ1) is 15.3. The average Bonchev–Trinajstić information content (AvgIpc) is 2.37. The van der Waals surface area contributed by atoms with Gasteiger partial charge in [-0.15, -0.1) is 0 Å². The lowest BCUT2D eigenvalue weighted by molar-refractivity contribution is -0.137. The molecule has 0 atom stereocenters. The van der Waals surface area contributed by atoms with Crippen molar-refractivity contribution >= 4 is 29.2 Å². The van der Waals surface area contributed by atoms with Crippen LogP contribution in [0.3, 0.4) is 0 Å². The second-order valence-corrected chi connectivity index (χ2v) is 4.66. The maximum atomic E-state index is 12.5. The molecule has 0 amide bonds. The SMILES string of the molecule is CN(C)c1nc(Cl)nc(Nc2ccc(C(F)(F)F)cc2)n1. The van der Waals surface area contributed by atoms with Gasteiger partial charge in [0.15, 0.2) is 0 Å². The van der Waals surface area contributed by atoms with Crippen LogP contribution >= 0.6 is 11.6 Å². The van der Waals surface area contributed by atoms with Crippen LogP contribution in [-0.2, 0) is 6.18 Å². The van der Waals surface area contributed by atoms with Gasteiger partial charge < -0.3 is 10.2 Å². The van der Waals surface area contributed by atoms with Crippen molar-refractivity contribution in [1.82, 2.24) is 15.0 Å². The molecule has 0 radical (unpaired) electrons. The van der Waals surface area contributed by atoms with E-state index in [2.05, 4.69) is 20.3 Å². The Morgan fingerprint density at radius 3 is 2.19 bits per heavy atom. The molecule has 0 aliphatic heterocycles. The van der Waals surface area contributed by atoms with Gasteiger partial charge in [-0.3, -0.25) is 0 Å². The molecule has 0 spiro atoms. The van der Waals surface area contributed by atoms with Crippen molar-refractivity contribution in [2.75, 3.05) is 24.3 Å². The Labute approximate surface area is 123 Å². The van der Waals surface area contributed by atoms with Gasteiger partial charge >= 0.3 is 6.18 Å². The molecule has 0 saturated heterocycles. The zero-order valence-corrected chi connectivity index (χ0v) is 11.9. The predicted octanol–water partition coefficient (Wildman–Crippen LogP) is 3.35. The summed E-state index contributed by atoms with van der Waals surface area (Å²) in [6, 6.07) is 4.52. The molecule has 0 aliphatic rings. The van der Waals surface area contributed by atoms with Crippen LogP contribution in [0.2, 0.25) is 5.28 Å². The van der Waals surface area contributed by atoms with Crippen LogP contribution in [0.5, 0.6) is 0 Å². The van der Waals surface area contributed by atoms with Crippen molar-refractivity contribution in [3.05, 3.63) is 35.1 Å². The third kappa shape index (κ3) is 3.94. The van der Waals surface area contributed by atoms with Gasteiger partial charge in [-0.05, 0) is 35.9 Å². The molecule has 21 heavy (non-hydrogen) atoms. The number of hydrogen-bond acceptors (Lipinski definition) is 5. The molecule has 2 aromatic rings. The molecule has 1 aromatic heterocycles. The van der Waals surface area contributed by atoms with Gasteiger partial charge in [0.2, 0.25) is 17.2 Å². The number of rotatable bonds is 3. The van der Waals surface area contributed by atoms with Crippen molar-refractivity contribution in [3.8, 4) is 0 Å². The second kappa shape index (κ2) is 5.72. The van der Waals surface area contributed by atoms with Crippen LogP contribution in [0.15, 0.2) is 24.3 Å². The summed E-state index contributed by atoms with van der Waals surface area (Å²) in [6.07, 6.45) is -4.37. The Morgan fingerprint density at radius 2 is 1.67 bits per heavy atom. The Bertz CT molecular complexity index is 628. The summed E-state index contributed by atoms with van der Waals surface area (Å²) in [4.78, 5) is 13.5. The molecule has 0 saturated carbocycles. The number of aromatic nitrogens is 3. The van der Waals surface area contributed by atoms with Crippen LogP contribution in [-0.4, -0.2) is 29.0 Å². The monoisotopic (exact) mass is 317 g/mol. The summed E-state index contributed by atoms with van der Waals surface area (Å²) in [7, 11) is 3.46. The Kier molecular flexibility index (Phi) is 4.17. The van der Waals surface area contributed by atoms with Crippen LogP contribution < -0.4 is 10.2 Å². The molecule has 0 fully saturated rings. The molecule has 112 valence electrons. The minimum atomic E-state index is -4.37. The number of anilines is 3. The first-order valence-electron chi connectivity index (χ1n) is 5.79. The highest BCUT2D eigenvalue weighted by Crippen LogP contribution is 2.30. The van der Waals surface area contributed by atoms with Crippen LogP contribution in [0.1, 0.15) is 5.56 Å². The summed E-state index contributed by atoms with van der Waals surface area (Å²) in [5, 5.41) is 2.77. The Balaban J connectivity index is 2.22. The summed E-state index contributed by atoms with van der Waals surface area (Å²) in [6.45, 7) is 0. The van der Waals surface area contributed by atoms with Crippen molar-refractivity contribution in [2.45, 2.75) is 6.18 Å². The largest absolute Gasteiger partial charge is 0.416 e. The highest BCUT2D eigenvalue weighted by Gasteiger charge is 2.29. The first-order chi connectivity index (χ1) is 9.75. The van der Waals surface area contributed by atoms with E-state index in [1.807, 2.05) is 0 Å². The fourth-order valence-corrected chi connectivity index (χ4v) is 1.62. The number of hydrogen-bond donors (Lipinski definition) is 1. The van der Waals surface area contributed by atoms with Crippen molar-refractivity contribution in [2.24, 2.45) is 0 Å². The van der Waals surface area contributed by atoms with E-state index < -0.39 is 11.7 Å². The smallest absolute Gasteiger partial charge is 0.347 e. The number of nitrogens with zero attached hydrogens (tertiary/aromatic N) is 4. The lowest BCUT2D eigenvalue weighted by atomic mass is 10.2. The van der Waals surface area contributed by atoms with Crippen LogP contribution in [0, 0.1) is 0 Å². The zero-order valence-electron chi connectivity index (χ0n) is 11.1. The summed E-state index contributed by atoms with van der Waals surface area (Å²) in [5.41, 5.74) is -0.314. The first-order valence-corrected chi connectivity index (χ1v) is 6.16. The lowest BCUT2D eigenvalue weighted by Crippen LogP contribution is -2.14. The van der Waals surface area contributed by atoms with Crippen molar-refractivity contribution in [3.63, 3.8) is 0 Å². The quantitative estimate of drug-likeness (QED) is 0.941. The van der Waals surface area contributed by atoms with Crippen LogP contribution in [0.4, 0.5) is 30.8 Å². The second-order valence-electron chi connectivity index (χ2n) is 4.32. The van der Waals surface area contributed by atoms with E-state index in [-0.39, 0.29) is 11.2 Å². The molecular formula is C12H11ClF3N5. The van der Waals surface area contributed by atoms with Gasteiger partial charge in [-0.2, -0.15) is 28.1 Å². The highest BCUT2D eigenvalue weighted by atomic mass is 35.5. The molecule has 5 nitrogen and oxygen atoms in total. The van der Waals surface area contributed by atoms with Gasteiger partial charge in [-0.1, -0.05) is 0 Å². The molecule has 1 N–H and O–H groups in total. The summed E-state index contributed by atoms with van der Waals surface area (Å²) >= 11 is 5.77. The van der Waals surface area contributed by atoms with E-state index in [4.69, 9.17) is 11.6 Å². The van der Waals surface area contributed by atoms with Gasteiger partial charge in [0.25, 0.3) is 0 Å². The number of benzene rings is 1. The molecule has 0 aliphatic carbocycles. The minimum absolute atomic E-state index is 0.0110. The molecule has 0 unspecified atom stereocenters. The number of alkyl halides is 3. The molecule has 2 rings (SSSR count). The topological polar surface area (TPSA) is 53.9 Å². The Hall–Kier alpha value is -2.09. The molecule has 0 bridgehead atoms. The number of nitrogens with one attached hydrogen (secondary N) is 1. The highest BCUT2D eigenvalue weighted by molar-refractivity contribution is 6.28. The van der Waals surface area contributed by atoms with Crippen molar-refractivity contribution in [1.29, 1.82) is 0 Å². The van der Waals surface area contributed by atoms with E-state index in [9.17, 15) is 13.2 Å². The molecular weight excluding hydrogens is 307 g/mol. The van der Waals surface area contributed by atoms with E-state index in [0.717, 1.165) is 12.1 Å². The average molecular weight is 318 g/mol.